The van der Waals surface area contributed by atoms with Gasteiger partial charge in [-0.3, -0.25) is 4.79 Å². The lowest BCUT2D eigenvalue weighted by Crippen LogP contribution is -2.40. The van der Waals surface area contributed by atoms with Gasteiger partial charge in [-0.25, -0.2) is 0 Å². The standard InChI is InChI=1S/C9H17NO/c1-3-7-5-6-8(7)9(11)10-4-2/h7-8H,3-6H2,1-2H3,(H,10,11)/t7-,8+/m1/s1. The van der Waals surface area contributed by atoms with Crippen molar-refractivity contribution in [2.24, 2.45) is 11.8 Å². The highest BCUT2D eigenvalue weighted by Gasteiger charge is 2.34. The summed E-state index contributed by atoms with van der Waals surface area (Å²) >= 11 is 0. The number of hydrogen-bond donors (Lipinski definition) is 1. The molecule has 0 radical (unpaired) electrons. The molecule has 1 fully saturated rings. The minimum Gasteiger partial charge on any atom is -0.356 e. The van der Waals surface area contributed by atoms with Gasteiger partial charge in [0.25, 0.3) is 0 Å². The molecule has 1 saturated carbocycles. The Morgan fingerprint density at radius 1 is 1.45 bits per heavy atom. The third-order valence-electron chi connectivity index (χ3n) is 2.63. The average molecular weight is 155 g/mol. The SMILES string of the molecule is CCNC(=O)[C@H]1CC[C@H]1CC. The summed E-state index contributed by atoms with van der Waals surface area (Å²) in [5.74, 6) is 1.27. The molecule has 1 aliphatic carbocycles. The molecule has 0 saturated heterocycles. The molecule has 0 heterocycles. The van der Waals surface area contributed by atoms with Crippen LogP contribution in [0.3, 0.4) is 0 Å². The van der Waals surface area contributed by atoms with Crippen LogP contribution >= 0.6 is 0 Å². The molecule has 1 rings (SSSR count). The maximum Gasteiger partial charge on any atom is 0.223 e. The molecule has 2 atom stereocenters. The van der Waals surface area contributed by atoms with Crippen LogP contribution in [0.15, 0.2) is 0 Å². The van der Waals surface area contributed by atoms with Crippen LogP contribution in [-0.2, 0) is 4.79 Å². The van der Waals surface area contributed by atoms with Crippen LogP contribution in [0.5, 0.6) is 0 Å². The third kappa shape index (κ3) is 1.73. The van der Waals surface area contributed by atoms with E-state index in [1.54, 1.807) is 0 Å². The second kappa shape index (κ2) is 3.74. The number of hydrogen-bond acceptors (Lipinski definition) is 1. The molecule has 0 aromatic heterocycles. The second-order valence-electron chi connectivity index (χ2n) is 3.25. The van der Waals surface area contributed by atoms with Gasteiger partial charge in [0, 0.05) is 12.5 Å². The Bertz CT molecular complexity index is 142. The first-order chi connectivity index (χ1) is 5.29. The van der Waals surface area contributed by atoms with Gasteiger partial charge in [-0.1, -0.05) is 13.3 Å². The normalized spacial score (nSPS) is 29.3. The van der Waals surface area contributed by atoms with E-state index < -0.39 is 0 Å². The molecule has 0 unspecified atom stereocenters. The fourth-order valence-electron chi connectivity index (χ4n) is 1.71. The zero-order chi connectivity index (χ0) is 8.27. The van der Waals surface area contributed by atoms with Gasteiger partial charge < -0.3 is 5.32 Å². The van der Waals surface area contributed by atoms with Crippen molar-refractivity contribution in [3.63, 3.8) is 0 Å². The molecule has 64 valence electrons. The summed E-state index contributed by atoms with van der Waals surface area (Å²) in [6, 6.07) is 0. The van der Waals surface area contributed by atoms with Crippen molar-refractivity contribution in [3.05, 3.63) is 0 Å². The molecule has 2 heteroatoms. The summed E-state index contributed by atoms with van der Waals surface area (Å²) in [6.07, 6.45) is 3.50. The molecule has 0 aromatic carbocycles. The van der Waals surface area contributed by atoms with Gasteiger partial charge in [0.05, 0.1) is 0 Å². The van der Waals surface area contributed by atoms with Gasteiger partial charge in [0.15, 0.2) is 0 Å². The first-order valence-corrected chi connectivity index (χ1v) is 4.57. The van der Waals surface area contributed by atoms with Gasteiger partial charge in [-0.05, 0) is 25.7 Å². The zero-order valence-electron chi connectivity index (χ0n) is 7.39. The smallest absolute Gasteiger partial charge is 0.223 e. The van der Waals surface area contributed by atoms with Crippen LogP contribution in [0.25, 0.3) is 0 Å². The molecule has 1 aliphatic rings. The van der Waals surface area contributed by atoms with E-state index >= 15 is 0 Å². The molecule has 0 aromatic rings. The lowest BCUT2D eigenvalue weighted by Gasteiger charge is -2.34. The predicted octanol–water partition coefficient (Wildman–Crippen LogP) is 1.56. The summed E-state index contributed by atoms with van der Waals surface area (Å²) in [6.45, 7) is 4.90. The Morgan fingerprint density at radius 3 is 2.55 bits per heavy atom. The topological polar surface area (TPSA) is 29.1 Å². The quantitative estimate of drug-likeness (QED) is 0.658. The van der Waals surface area contributed by atoms with Gasteiger partial charge >= 0.3 is 0 Å². The van der Waals surface area contributed by atoms with E-state index in [1.807, 2.05) is 6.92 Å². The van der Waals surface area contributed by atoms with Crippen molar-refractivity contribution >= 4 is 5.91 Å². The summed E-state index contributed by atoms with van der Waals surface area (Å²) in [4.78, 5) is 11.3. The van der Waals surface area contributed by atoms with Crippen LogP contribution in [0.2, 0.25) is 0 Å². The molecule has 1 N–H and O–H groups in total. The van der Waals surface area contributed by atoms with Crippen LogP contribution in [-0.4, -0.2) is 12.5 Å². The summed E-state index contributed by atoms with van der Waals surface area (Å²) in [5, 5.41) is 2.87. The molecular weight excluding hydrogens is 138 g/mol. The van der Waals surface area contributed by atoms with Crippen LogP contribution in [0.1, 0.15) is 33.1 Å². The number of rotatable bonds is 3. The first-order valence-electron chi connectivity index (χ1n) is 4.57. The average Bonchev–Trinajstić information content (AvgIpc) is 1.86. The lowest BCUT2D eigenvalue weighted by atomic mass is 9.72. The summed E-state index contributed by atoms with van der Waals surface area (Å²) in [5.41, 5.74) is 0. The van der Waals surface area contributed by atoms with Gasteiger partial charge in [0.2, 0.25) is 5.91 Å². The highest BCUT2D eigenvalue weighted by molar-refractivity contribution is 5.79. The Balaban J connectivity index is 2.30. The van der Waals surface area contributed by atoms with Crippen molar-refractivity contribution in [1.29, 1.82) is 0 Å². The number of carbonyl (C=O) groups excluding carboxylic acids is 1. The molecule has 11 heavy (non-hydrogen) atoms. The third-order valence-corrected chi connectivity index (χ3v) is 2.63. The zero-order valence-corrected chi connectivity index (χ0v) is 7.39. The van der Waals surface area contributed by atoms with Gasteiger partial charge in [-0.15, -0.1) is 0 Å². The van der Waals surface area contributed by atoms with Crippen LogP contribution in [0.4, 0.5) is 0 Å². The molecule has 0 bridgehead atoms. The lowest BCUT2D eigenvalue weighted by molar-refractivity contribution is -0.130. The van der Waals surface area contributed by atoms with E-state index in [4.69, 9.17) is 0 Å². The molecule has 2 nitrogen and oxygen atoms in total. The van der Waals surface area contributed by atoms with E-state index in [-0.39, 0.29) is 5.91 Å². The first kappa shape index (κ1) is 8.57. The number of carbonyl (C=O) groups is 1. The predicted molar refractivity (Wildman–Crippen MR) is 45.2 cm³/mol. The minimum atomic E-state index is 0.269. The second-order valence-corrected chi connectivity index (χ2v) is 3.25. The number of nitrogens with one attached hydrogen (secondary N) is 1. The van der Waals surface area contributed by atoms with Crippen molar-refractivity contribution in [3.8, 4) is 0 Å². The maximum atomic E-state index is 11.3. The summed E-state index contributed by atoms with van der Waals surface area (Å²) in [7, 11) is 0. The van der Waals surface area contributed by atoms with Crippen molar-refractivity contribution in [2.75, 3.05) is 6.54 Å². The monoisotopic (exact) mass is 155 g/mol. The van der Waals surface area contributed by atoms with Gasteiger partial charge in [-0.2, -0.15) is 0 Å². The fraction of sp³-hybridized carbons (Fsp3) is 0.889. The van der Waals surface area contributed by atoms with Crippen molar-refractivity contribution in [2.45, 2.75) is 33.1 Å². The Hall–Kier alpha value is -0.530. The maximum absolute atomic E-state index is 11.3. The Kier molecular flexibility index (Phi) is 2.92. The molecule has 0 spiro atoms. The molecule has 0 aliphatic heterocycles. The Morgan fingerprint density at radius 2 is 2.18 bits per heavy atom. The largest absolute Gasteiger partial charge is 0.356 e. The Labute approximate surface area is 68.4 Å². The molecular formula is C9H17NO. The highest BCUT2D eigenvalue weighted by atomic mass is 16.1. The van der Waals surface area contributed by atoms with Crippen molar-refractivity contribution in [1.82, 2.24) is 5.32 Å². The van der Waals surface area contributed by atoms with Crippen LogP contribution in [0, 0.1) is 11.8 Å². The summed E-state index contributed by atoms with van der Waals surface area (Å²) < 4.78 is 0. The van der Waals surface area contributed by atoms with Crippen molar-refractivity contribution < 1.29 is 4.79 Å². The fourth-order valence-corrected chi connectivity index (χ4v) is 1.71. The minimum absolute atomic E-state index is 0.269. The van der Waals surface area contributed by atoms with E-state index in [0.717, 1.165) is 19.4 Å². The van der Waals surface area contributed by atoms with E-state index in [2.05, 4.69) is 12.2 Å². The van der Waals surface area contributed by atoms with Crippen LogP contribution < -0.4 is 5.32 Å². The molecule has 1 amide bonds. The number of amides is 1. The van der Waals surface area contributed by atoms with E-state index in [0.29, 0.717) is 11.8 Å². The highest BCUT2D eigenvalue weighted by Crippen LogP contribution is 2.36. The van der Waals surface area contributed by atoms with E-state index in [9.17, 15) is 4.79 Å². The van der Waals surface area contributed by atoms with Gasteiger partial charge in [0.1, 0.15) is 0 Å². The van der Waals surface area contributed by atoms with E-state index in [1.165, 1.54) is 6.42 Å².